The monoisotopic (exact) mass is 600 g/mol. The van der Waals surface area contributed by atoms with E-state index in [-0.39, 0.29) is 23.1 Å². The Labute approximate surface area is 251 Å². The fraction of sp³-hybridized carbons (Fsp3) is 0.188. The highest BCUT2D eigenvalue weighted by molar-refractivity contribution is 5.96. The molecule has 0 saturated carbocycles. The number of nitrogens with zero attached hydrogens (tertiary/aromatic N) is 6. The number of pyridine rings is 1. The van der Waals surface area contributed by atoms with Crippen LogP contribution < -0.4 is 10.4 Å². The highest BCUT2D eigenvalue weighted by Gasteiger charge is 2.29. The molecule has 0 aliphatic carbocycles. The quantitative estimate of drug-likeness (QED) is 0.271. The van der Waals surface area contributed by atoms with Crippen LogP contribution in [0.4, 0.5) is 8.78 Å². The van der Waals surface area contributed by atoms with Crippen LogP contribution in [-0.2, 0) is 9.63 Å². The molecule has 0 radical (unpaired) electrons. The first-order chi connectivity index (χ1) is 21.2. The van der Waals surface area contributed by atoms with E-state index in [1.165, 1.54) is 54.3 Å². The molecule has 10 nitrogen and oxygen atoms in total. The van der Waals surface area contributed by atoms with Crippen molar-refractivity contribution in [1.82, 2.24) is 29.4 Å². The van der Waals surface area contributed by atoms with Crippen molar-refractivity contribution in [3.05, 3.63) is 124 Å². The van der Waals surface area contributed by atoms with E-state index < -0.39 is 0 Å². The van der Waals surface area contributed by atoms with E-state index in [0.717, 1.165) is 16.8 Å². The molecule has 0 N–H and O–H groups in total. The Kier molecular flexibility index (Phi) is 8.81. The molecule has 4 heterocycles. The van der Waals surface area contributed by atoms with Crippen molar-refractivity contribution in [1.29, 1.82) is 0 Å². The number of hydroxylamine groups is 2. The first-order valence-electron chi connectivity index (χ1n) is 13.7. The average Bonchev–Trinajstić information content (AvgIpc) is 3.66. The van der Waals surface area contributed by atoms with Crippen LogP contribution in [0.3, 0.4) is 0 Å². The summed E-state index contributed by atoms with van der Waals surface area (Å²) >= 11 is 0. The molecule has 1 aliphatic rings. The molecule has 3 aromatic heterocycles. The minimum absolute atomic E-state index is 0.130. The molecule has 6 rings (SSSR count). The number of allylic oxidation sites excluding steroid dienone is 1. The summed E-state index contributed by atoms with van der Waals surface area (Å²) in [5.74, 6) is -0.802. The summed E-state index contributed by atoms with van der Waals surface area (Å²) in [6, 6.07) is 14.9. The maximum absolute atomic E-state index is 13.2. The standard InChI is InChI=1S/C16H16FN3O2.C16H14FN3O2/c2*1-11-9-18-19(10-11)14-7-8-15(21)20(22-2)16(14)12-3-5-13(17)6-4-12/h3-6,9-10H,7-8H2,1-2H3;3-10H,1-2H3. The Bertz CT molecular complexity index is 1870. The lowest BCUT2D eigenvalue weighted by Gasteiger charge is -2.30. The number of hydrogen-bond acceptors (Lipinski definition) is 6. The van der Waals surface area contributed by atoms with Crippen molar-refractivity contribution in [3.63, 3.8) is 0 Å². The number of carbonyl (C=O) groups excluding carboxylic acids is 1. The topological polar surface area (TPSA) is 96.4 Å². The zero-order valence-electron chi connectivity index (χ0n) is 24.6. The number of rotatable bonds is 6. The number of hydrogen-bond donors (Lipinski definition) is 0. The Balaban J connectivity index is 0.000000175. The van der Waals surface area contributed by atoms with Crippen LogP contribution in [0, 0.1) is 25.5 Å². The molecule has 0 unspecified atom stereocenters. The lowest BCUT2D eigenvalue weighted by molar-refractivity contribution is -0.159. The van der Waals surface area contributed by atoms with Crippen LogP contribution in [0.25, 0.3) is 28.3 Å². The van der Waals surface area contributed by atoms with Gasteiger partial charge >= 0.3 is 0 Å². The molecule has 1 aliphatic heterocycles. The molecular weight excluding hydrogens is 570 g/mol. The maximum Gasteiger partial charge on any atom is 0.283 e. The summed E-state index contributed by atoms with van der Waals surface area (Å²) in [6.45, 7) is 3.87. The number of aromatic nitrogens is 5. The van der Waals surface area contributed by atoms with Crippen molar-refractivity contribution < 1.29 is 23.3 Å². The number of aryl methyl sites for hydroxylation is 2. The van der Waals surface area contributed by atoms with E-state index in [0.29, 0.717) is 41.0 Å². The second kappa shape index (κ2) is 12.9. The summed E-state index contributed by atoms with van der Waals surface area (Å²) in [6.07, 6.45) is 8.09. The lowest BCUT2D eigenvalue weighted by atomic mass is 10.0. The highest BCUT2D eigenvalue weighted by Crippen LogP contribution is 2.34. The van der Waals surface area contributed by atoms with Crippen LogP contribution in [0.2, 0.25) is 0 Å². The summed E-state index contributed by atoms with van der Waals surface area (Å²) in [7, 11) is 2.85. The van der Waals surface area contributed by atoms with E-state index in [1.54, 1.807) is 52.1 Å². The average molecular weight is 601 g/mol. The van der Waals surface area contributed by atoms with E-state index in [4.69, 9.17) is 9.68 Å². The van der Waals surface area contributed by atoms with Gasteiger partial charge in [-0.2, -0.15) is 15.3 Å². The number of carbonyl (C=O) groups is 1. The molecule has 0 spiro atoms. The van der Waals surface area contributed by atoms with Gasteiger partial charge < -0.3 is 4.84 Å². The van der Waals surface area contributed by atoms with Gasteiger partial charge in [0.25, 0.3) is 11.5 Å². The number of halogens is 2. The Hall–Kier alpha value is -5.36. The van der Waals surface area contributed by atoms with E-state index >= 15 is 0 Å². The van der Waals surface area contributed by atoms with Gasteiger partial charge in [0, 0.05) is 42.4 Å². The second-order valence-electron chi connectivity index (χ2n) is 9.99. The third-order valence-corrected chi connectivity index (χ3v) is 6.86. The highest BCUT2D eigenvalue weighted by atomic mass is 19.1. The van der Waals surface area contributed by atoms with Crippen molar-refractivity contribution in [3.8, 4) is 16.9 Å². The molecule has 0 fully saturated rings. The molecule has 1 amide bonds. The molecule has 12 heteroatoms. The first kappa shape index (κ1) is 30.1. The fourth-order valence-electron chi connectivity index (χ4n) is 4.85. The van der Waals surface area contributed by atoms with Crippen LogP contribution in [0.15, 0.2) is 90.2 Å². The third-order valence-electron chi connectivity index (χ3n) is 6.86. The predicted molar refractivity (Wildman–Crippen MR) is 160 cm³/mol. The summed E-state index contributed by atoms with van der Waals surface area (Å²) in [5.41, 5.74) is 5.69. The number of benzene rings is 2. The van der Waals surface area contributed by atoms with Gasteiger partial charge in [0.1, 0.15) is 30.1 Å². The summed E-state index contributed by atoms with van der Waals surface area (Å²) < 4.78 is 30.9. The fourth-order valence-corrected chi connectivity index (χ4v) is 4.85. The van der Waals surface area contributed by atoms with Crippen LogP contribution in [0.5, 0.6) is 0 Å². The minimum atomic E-state index is -0.345. The molecule has 0 saturated heterocycles. The predicted octanol–water partition coefficient (Wildman–Crippen LogP) is 5.05. The van der Waals surface area contributed by atoms with E-state index in [9.17, 15) is 18.4 Å². The third kappa shape index (κ3) is 6.20. The molecule has 0 bridgehead atoms. The van der Waals surface area contributed by atoms with Crippen molar-refractivity contribution >= 4 is 17.3 Å². The molecule has 2 aromatic carbocycles. The van der Waals surface area contributed by atoms with Gasteiger partial charge in [-0.15, -0.1) is 4.73 Å². The van der Waals surface area contributed by atoms with Gasteiger partial charge in [-0.25, -0.2) is 18.1 Å². The molecular formula is C32H30F2N6O4. The Morgan fingerprint density at radius 1 is 0.705 bits per heavy atom. The van der Waals surface area contributed by atoms with Crippen LogP contribution in [0.1, 0.15) is 29.5 Å². The normalized spacial score (nSPS) is 13.1. The van der Waals surface area contributed by atoms with Crippen molar-refractivity contribution in [2.24, 2.45) is 0 Å². The second-order valence-corrected chi connectivity index (χ2v) is 9.99. The zero-order chi connectivity index (χ0) is 31.4. The van der Waals surface area contributed by atoms with E-state index in [2.05, 4.69) is 10.2 Å². The SMILES string of the molecule is CON1C(=O)CCC(n2cc(C)cn2)=C1c1ccc(F)cc1.COn1c(-c2ccc(F)cc2)c(-n2cc(C)cn2)ccc1=O. The Morgan fingerprint density at radius 3 is 1.80 bits per heavy atom. The molecule has 5 aromatic rings. The van der Waals surface area contributed by atoms with Crippen LogP contribution >= 0.6 is 0 Å². The van der Waals surface area contributed by atoms with Gasteiger partial charge in [-0.1, -0.05) is 0 Å². The summed E-state index contributed by atoms with van der Waals surface area (Å²) in [4.78, 5) is 34.6. The van der Waals surface area contributed by atoms with Gasteiger partial charge in [0.05, 0.1) is 30.9 Å². The van der Waals surface area contributed by atoms with E-state index in [1.807, 2.05) is 26.2 Å². The van der Waals surface area contributed by atoms with Crippen molar-refractivity contribution in [2.75, 3.05) is 14.2 Å². The minimum Gasteiger partial charge on any atom is -0.413 e. The first-order valence-corrected chi connectivity index (χ1v) is 13.7. The van der Waals surface area contributed by atoms with Gasteiger partial charge in [0.15, 0.2) is 0 Å². The summed E-state index contributed by atoms with van der Waals surface area (Å²) in [5, 5.41) is 9.84. The smallest absolute Gasteiger partial charge is 0.283 e. The van der Waals surface area contributed by atoms with Gasteiger partial charge in [-0.05, 0) is 79.6 Å². The maximum atomic E-state index is 13.2. The molecule has 44 heavy (non-hydrogen) atoms. The zero-order valence-corrected chi connectivity index (χ0v) is 24.6. The lowest BCUT2D eigenvalue weighted by Crippen LogP contribution is -2.33. The van der Waals surface area contributed by atoms with Crippen LogP contribution in [-0.4, -0.2) is 49.5 Å². The van der Waals surface area contributed by atoms with Crippen molar-refractivity contribution in [2.45, 2.75) is 26.7 Å². The molecule has 0 atom stereocenters. The molecule has 226 valence electrons. The van der Waals surface area contributed by atoms with Gasteiger partial charge in [-0.3, -0.25) is 14.4 Å². The van der Waals surface area contributed by atoms with Gasteiger partial charge in [0.2, 0.25) is 0 Å². The Morgan fingerprint density at radius 2 is 1.27 bits per heavy atom. The number of amides is 1. The largest absolute Gasteiger partial charge is 0.413 e.